The molecule has 1 aromatic carbocycles. The number of nitro benzene ring substituents is 1. The van der Waals surface area contributed by atoms with Gasteiger partial charge in [-0.1, -0.05) is 13.2 Å². The lowest BCUT2D eigenvalue weighted by atomic mass is 10.0. The van der Waals surface area contributed by atoms with Crippen LogP contribution in [0.2, 0.25) is 0 Å². The minimum absolute atomic E-state index is 0.00651. The molecule has 1 aliphatic carbocycles. The van der Waals surface area contributed by atoms with Crippen LogP contribution in [0.25, 0.3) is 0 Å². The van der Waals surface area contributed by atoms with Crippen molar-refractivity contribution in [2.24, 2.45) is 10.2 Å². The van der Waals surface area contributed by atoms with Crippen molar-refractivity contribution < 1.29 is 28.8 Å². The number of amides is 1. The summed E-state index contributed by atoms with van der Waals surface area (Å²) in [6.07, 6.45) is 3.48. The Kier molecular flexibility index (Phi) is 11.8. The maximum absolute atomic E-state index is 12.0. The first-order valence-electron chi connectivity index (χ1n) is 12.5. The Morgan fingerprint density at radius 2 is 1.55 bits per heavy atom. The van der Waals surface area contributed by atoms with Crippen LogP contribution in [0.1, 0.15) is 38.3 Å². The van der Waals surface area contributed by atoms with E-state index in [1.54, 1.807) is 24.3 Å². The van der Waals surface area contributed by atoms with Gasteiger partial charge in [0.2, 0.25) is 5.91 Å². The molecule has 0 heterocycles. The van der Waals surface area contributed by atoms with Gasteiger partial charge in [0.15, 0.2) is 0 Å². The number of nitrogens with zero attached hydrogens (tertiary/aromatic N) is 6. The number of carbonyl (C=O) groups excluding carboxylic acids is 3. The fourth-order valence-electron chi connectivity index (χ4n) is 3.64. The first-order chi connectivity index (χ1) is 19.9. The van der Waals surface area contributed by atoms with Crippen LogP contribution in [-0.4, -0.2) is 60.0 Å². The van der Waals surface area contributed by atoms with Crippen LogP contribution in [0.5, 0.6) is 0 Å². The Labute approximate surface area is 242 Å². The lowest BCUT2D eigenvalue weighted by Gasteiger charge is -2.32. The molecule has 0 saturated carbocycles. The third-order valence-corrected chi connectivity index (χ3v) is 5.70. The second kappa shape index (κ2) is 15.2. The first-order valence-corrected chi connectivity index (χ1v) is 12.5. The number of rotatable bonds is 13. The summed E-state index contributed by atoms with van der Waals surface area (Å²) in [5.41, 5.74) is 0.433. The molecular formula is C28H29N7O7. The van der Waals surface area contributed by atoms with Gasteiger partial charge in [-0.15, -0.1) is 5.11 Å². The molecule has 1 N–H and O–H groups in total. The molecule has 0 aliphatic heterocycles. The number of hydrogen-bond donors (Lipinski definition) is 1. The van der Waals surface area contributed by atoms with E-state index in [1.165, 1.54) is 20.8 Å². The van der Waals surface area contributed by atoms with Gasteiger partial charge in [-0.05, 0) is 26.0 Å². The van der Waals surface area contributed by atoms with Crippen molar-refractivity contribution in [1.82, 2.24) is 10.2 Å². The molecule has 0 spiro atoms. The molecular weight excluding hydrogens is 546 g/mol. The van der Waals surface area contributed by atoms with E-state index in [-0.39, 0.29) is 72.3 Å². The zero-order chi connectivity index (χ0) is 31.4. The van der Waals surface area contributed by atoms with Crippen molar-refractivity contribution in [3.8, 4) is 12.1 Å². The number of esters is 2. The SMILES string of the molecule is C=C(C)C(=O)OCCN(CCOC(=O)C(=C)C)C1=CC=C(/N=N/c2c(C#N)cc([N+](=O)[O-])cc2C#N)C(NC(C)=O)C1. The quantitative estimate of drug-likeness (QED) is 0.119. The van der Waals surface area contributed by atoms with Crippen LogP contribution in [0.4, 0.5) is 11.4 Å². The zero-order valence-electron chi connectivity index (χ0n) is 23.4. The van der Waals surface area contributed by atoms with Gasteiger partial charge >= 0.3 is 11.9 Å². The van der Waals surface area contributed by atoms with E-state index in [0.29, 0.717) is 5.70 Å². The molecule has 14 nitrogen and oxygen atoms in total. The average molecular weight is 576 g/mol. The van der Waals surface area contributed by atoms with Gasteiger partial charge in [0.1, 0.15) is 31.0 Å². The Morgan fingerprint density at radius 3 is 1.98 bits per heavy atom. The molecule has 0 saturated heterocycles. The van der Waals surface area contributed by atoms with E-state index < -0.39 is 28.6 Å². The highest BCUT2D eigenvalue weighted by molar-refractivity contribution is 5.87. The van der Waals surface area contributed by atoms with Crippen LogP contribution in [-0.2, 0) is 23.9 Å². The summed E-state index contributed by atoms with van der Waals surface area (Å²) in [6, 6.07) is 4.87. The van der Waals surface area contributed by atoms with Crippen LogP contribution < -0.4 is 5.32 Å². The van der Waals surface area contributed by atoms with Crippen LogP contribution in [0, 0.1) is 32.8 Å². The number of carbonyl (C=O) groups is 3. The number of azo groups is 1. The molecule has 2 rings (SSSR count). The monoisotopic (exact) mass is 575 g/mol. The topological polar surface area (TPSA) is 200 Å². The minimum Gasteiger partial charge on any atom is -0.460 e. The largest absolute Gasteiger partial charge is 0.460 e. The third-order valence-electron chi connectivity index (χ3n) is 5.70. The number of nitrogens with one attached hydrogen (secondary N) is 1. The van der Waals surface area contributed by atoms with Crippen molar-refractivity contribution in [3.63, 3.8) is 0 Å². The molecule has 0 radical (unpaired) electrons. The highest BCUT2D eigenvalue weighted by Gasteiger charge is 2.25. The Balaban J connectivity index is 2.41. The summed E-state index contributed by atoms with van der Waals surface area (Å²) in [7, 11) is 0. The Hall–Kier alpha value is -5.63. The molecule has 42 heavy (non-hydrogen) atoms. The van der Waals surface area contributed by atoms with E-state index in [0.717, 1.165) is 12.1 Å². The van der Waals surface area contributed by atoms with Gasteiger partial charge in [0, 0.05) is 42.3 Å². The standard InChI is InChI=1S/C28H29N7O7/c1-17(2)27(37)41-10-8-34(9-11-42-28(38)18(3)4)22-6-7-24(25(14-22)31-19(5)36)32-33-26-20(15-29)12-23(35(39)40)13-21(26)16-30/h6-7,12-13,25H,1,3,8-11,14H2,2,4-5H3,(H,31,36)/b33-32+. The van der Waals surface area contributed by atoms with Crippen LogP contribution >= 0.6 is 0 Å². The van der Waals surface area contributed by atoms with Gasteiger partial charge in [-0.2, -0.15) is 15.6 Å². The summed E-state index contributed by atoms with van der Waals surface area (Å²) >= 11 is 0. The predicted octanol–water partition coefficient (Wildman–Crippen LogP) is 3.64. The second-order valence-electron chi connectivity index (χ2n) is 9.10. The van der Waals surface area contributed by atoms with E-state index >= 15 is 0 Å². The maximum Gasteiger partial charge on any atom is 0.333 e. The van der Waals surface area contributed by atoms with Crippen molar-refractivity contribution in [3.05, 3.63) is 81.2 Å². The number of non-ortho nitro benzene ring substituents is 1. The predicted molar refractivity (Wildman–Crippen MR) is 149 cm³/mol. The average Bonchev–Trinajstić information content (AvgIpc) is 2.94. The number of nitro groups is 1. The fraction of sp³-hybridized carbons (Fsp3) is 0.321. The summed E-state index contributed by atoms with van der Waals surface area (Å²) in [6.45, 7) is 11.9. The number of hydrogen-bond acceptors (Lipinski definition) is 12. The summed E-state index contributed by atoms with van der Waals surface area (Å²) in [4.78, 5) is 47.9. The van der Waals surface area contributed by atoms with Gasteiger partial charge in [-0.3, -0.25) is 14.9 Å². The highest BCUT2D eigenvalue weighted by Crippen LogP contribution is 2.31. The van der Waals surface area contributed by atoms with Crippen molar-refractivity contribution in [2.45, 2.75) is 33.2 Å². The molecule has 1 aromatic rings. The summed E-state index contributed by atoms with van der Waals surface area (Å²) in [5, 5.41) is 41.1. The second-order valence-corrected chi connectivity index (χ2v) is 9.10. The fourth-order valence-corrected chi connectivity index (χ4v) is 3.64. The molecule has 1 atom stereocenters. The van der Waals surface area contributed by atoms with E-state index in [2.05, 4.69) is 28.7 Å². The lowest BCUT2D eigenvalue weighted by molar-refractivity contribution is -0.384. The number of nitriles is 2. The van der Waals surface area contributed by atoms with Gasteiger partial charge in [0.25, 0.3) is 5.69 Å². The zero-order valence-corrected chi connectivity index (χ0v) is 23.4. The Morgan fingerprint density at radius 1 is 1.02 bits per heavy atom. The number of allylic oxidation sites excluding steroid dienone is 2. The normalized spacial score (nSPS) is 14.0. The van der Waals surface area contributed by atoms with Crippen LogP contribution in [0.15, 0.2) is 70.2 Å². The number of ether oxygens (including phenoxy) is 2. The molecule has 0 bridgehead atoms. The summed E-state index contributed by atoms with van der Waals surface area (Å²) in [5.74, 6) is -1.48. The molecule has 1 aliphatic rings. The van der Waals surface area contributed by atoms with E-state index in [9.17, 15) is 35.0 Å². The molecule has 1 unspecified atom stereocenters. The summed E-state index contributed by atoms with van der Waals surface area (Å²) < 4.78 is 10.4. The van der Waals surface area contributed by atoms with Crippen LogP contribution in [0.3, 0.4) is 0 Å². The van der Waals surface area contributed by atoms with Gasteiger partial charge in [-0.25, -0.2) is 9.59 Å². The van der Waals surface area contributed by atoms with Crippen molar-refractivity contribution in [2.75, 3.05) is 26.3 Å². The lowest BCUT2D eigenvalue weighted by Crippen LogP contribution is -2.40. The third kappa shape index (κ3) is 9.24. The molecule has 218 valence electrons. The smallest absolute Gasteiger partial charge is 0.333 e. The molecule has 0 fully saturated rings. The van der Waals surface area contributed by atoms with Gasteiger partial charge in [0.05, 0.1) is 40.9 Å². The van der Waals surface area contributed by atoms with Crippen molar-refractivity contribution in [1.29, 1.82) is 10.5 Å². The van der Waals surface area contributed by atoms with Crippen molar-refractivity contribution >= 4 is 29.2 Å². The highest BCUT2D eigenvalue weighted by atomic mass is 16.6. The molecule has 14 heteroatoms. The van der Waals surface area contributed by atoms with E-state index in [1.807, 2.05) is 4.90 Å². The van der Waals surface area contributed by atoms with Gasteiger partial charge < -0.3 is 19.7 Å². The molecule has 1 amide bonds. The maximum atomic E-state index is 12.0. The Bertz CT molecular complexity index is 1410. The molecule has 0 aromatic heterocycles. The number of benzene rings is 1. The van der Waals surface area contributed by atoms with E-state index in [4.69, 9.17) is 9.47 Å². The first kappa shape index (κ1) is 32.6. The minimum atomic E-state index is -0.726.